The molecule has 1 heterocycles. The van der Waals surface area contributed by atoms with Gasteiger partial charge in [0.2, 0.25) is 0 Å². The Bertz CT molecular complexity index is 534. The summed E-state index contributed by atoms with van der Waals surface area (Å²) < 4.78 is 36.2. The molecule has 0 fully saturated rings. The number of fused-ring (bicyclic) bond motifs is 1. The molecule has 0 radical (unpaired) electrons. The van der Waals surface area contributed by atoms with Crippen molar-refractivity contribution in [2.75, 3.05) is 5.75 Å². The summed E-state index contributed by atoms with van der Waals surface area (Å²) in [5.41, 5.74) is 0.294. The van der Waals surface area contributed by atoms with Crippen molar-refractivity contribution in [3.8, 4) is 0 Å². The van der Waals surface area contributed by atoms with E-state index in [2.05, 4.69) is 0 Å². The quantitative estimate of drug-likeness (QED) is 0.680. The molecule has 1 aliphatic rings. The molecule has 0 amide bonds. The van der Waals surface area contributed by atoms with Crippen LogP contribution < -0.4 is 0 Å². The minimum absolute atomic E-state index is 0.0871. The first-order valence-electron chi connectivity index (χ1n) is 4.44. The van der Waals surface area contributed by atoms with Gasteiger partial charge in [0.25, 0.3) is 0 Å². The van der Waals surface area contributed by atoms with Gasteiger partial charge in [0.15, 0.2) is 9.84 Å². The highest BCUT2D eigenvalue weighted by molar-refractivity contribution is 7.91. The highest BCUT2D eigenvalue weighted by Crippen LogP contribution is 2.35. The number of sulfone groups is 1. The molecule has 0 aliphatic carbocycles. The molecule has 0 N–H and O–H groups in total. The second kappa shape index (κ2) is 3.13. The Balaban J connectivity index is 2.69. The van der Waals surface area contributed by atoms with Crippen LogP contribution in [0.4, 0.5) is 4.39 Å². The van der Waals surface area contributed by atoms with Crippen LogP contribution in [0, 0.1) is 5.82 Å². The van der Waals surface area contributed by atoms with E-state index in [-0.39, 0.29) is 16.4 Å². The molecule has 0 aromatic heterocycles. The fraction of sp³-hybridized carbons (Fsp3) is 0.300. The SMILES string of the molecule is CC(=O)C1CS(=O)(=O)c2ccc(F)cc21. The lowest BCUT2D eigenvalue weighted by atomic mass is 9.98. The van der Waals surface area contributed by atoms with Crippen molar-refractivity contribution in [1.29, 1.82) is 0 Å². The number of carbonyl (C=O) groups excluding carboxylic acids is 1. The standard InChI is InChI=1S/C10H9FO3S/c1-6(12)9-5-15(13,14)10-3-2-7(11)4-8(9)10/h2-4,9H,5H2,1H3. The Morgan fingerprint density at radius 1 is 1.47 bits per heavy atom. The van der Waals surface area contributed by atoms with Crippen molar-refractivity contribution >= 4 is 15.6 Å². The van der Waals surface area contributed by atoms with Gasteiger partial charge in [-0.1, -0.05) is 0 Å². The van der Waals surface area contributed by atoms with E-state index in [1.807, 2.05) is 0 Å². The molecule has 1 aromatic carbocycles. The lowest BCUT2D eigenvalue weighted by Crippen LogP contribution is -2.11. The number of carbonyl (C=O) groups is 1. The number of hydrogen-bond acceptors (Lipinski definition) is 3. The molecular formula is C10H9FO3S. The molecule has 1 unspecified atom stereocenters. The van der Waals surface area contributed by atoms with Gasteiger partial charge in [-0.2, -0.15) is 0 Å². The summed E-state index contributed by atoms with van der Waals surface area (Å²) in [6, 6.07) is 3.45. The van der Waals surface area contributed by atoms with Crippen LogP contribution in [0.25, 0.3) is 0 Å². The fourth-order valence-electron chi connectivity index (χ4n) is 1.81. The molecule has 15 heavy (non-hydrogen) atoms. The summed E-state index contributed by atoms with van der Waals surface area (Å²) >= 11 is 0. The van der Waals surface area contributed by atoms with Crippen LogP contribution in [-0.4, -0.2) is 20.0 Å². The smallest absolute Gasteiger partial charge is 0.179 e. The van der Waals surface area contributed by atoms with Crippen LogP contribution >= 0.6 is 0 Å². The Kier molecular flexibility index (Phi) is 2.15. The van der Waals surface area contributed by atoms with Crippen molar-refractivity contribution in [2.45, 2.75) is 17.7 Å². The van der Waals surface area contributed by atoms with Crippen LogP contribution in [0.3, 0.4) is 0 Å². The predicted molar refractivity (Wildman–Crippen MR) is 51.9 cm³/mol. The van der Waals surface area contributed by atoms with Gasteiger partial charge in [0, 0.05) is 0 Å². The molecule has 80 valence electrons. The number of ketones is 1. The molecule has 0 saturated heterocycles. The van der Waals surface area contributed by atoms with Crippen molar-refractivity contribution in [2.24, 2.45) is 0 Å². The highest BCUT2D eigenvalue weighted by Gasteiger charge is 2.37. The van der Waals surface area contributed by atoms with Crippen molar-refractivity contribution in [3.63, 3.8) is 0 Å². The van der Waals surface area contributed by atoms with E-state index in [0.717, 1.165) is 12.1 Å². The van der Waals surface area contributed by atoms with Crippen LogP contribution in [0.1, 0.15) is 18.4 Å². The van der Waals surface area contributed by atoms with E-state index in [1.54, 1.807) is 0 Å². The van der Waals surface area contributed by atoms with Crippen molar-refractivity contribution < 1.29 is 17.6 Å². The third-order valence-electron chi connectivity index (χ3n) is 2.56. The number of halogens is 1. The molecule has 1 aliphatic heterocycles. The topological polar surface area (TPSA) is 51.2 Å². The lowest BCUT2D eigenvalue weighted by molar-refractivity contribution is -0.117. The van der Waals surface area contributed by atoms with E-state index in [9.17, 15) is 17.6 Å². The van der Waals surface area contributed by atoms with Gasteiger partial charge in [-0.05, 0) is 30.7 Å². The summed E-state index contributed by atoms with van der Waals surface area (Å²) in [7, 11) is -3.40. The van der Waals surface area contributed by atoms with Gasteiger partial charge in [0.05, 0.1) is 16.6 Å². The molecular weight excluding hydrogens is 219 g/mol. The van der Waals surface area contributed by atoms with Crippen LogP contribution in [0.15, 0.2) is 23.1 Å². The van der Waals surface area contributed by atoms with Gasteiger partial charge in [-0.25, -0.2) is 12.8 Å². The van der Waals surface area contributed by atoms with Gasteiger partial charge in [-0.15, -0.1) is 0 Å². The number of benzene rings is 1. The maximum Gasteiger partial charge on any atom is 0.179 e. The second-order valence-corrected chi connectivity index (χ2v) is 5.63. The van der Waals surface area contributed by atoms with E-state index >= 15 is 0 Å². The van der Waals surface area contributed by atoms with E-state index in [1.165, 1.54) is 13.0 Å². The van der Waals surface area contributed by atoms with Crippen LogP contribution in [-0.2, 0) is 14.6 Å². The zero-order valence-electron chi connectivity index (χ0n) is 8.03. The third kappa shape index (κ3) is 1.56. The average Bonchev–Trinajstić information content (AvgIpc) is 2.38. The average molecular weight is 228 g/mol. The molecule has 0 spiro atoms. The van der Waals surface area contributed by atoms with Gasteiger partial charge in [-0.3, -0.25) is 4.79 Å². The monoisotopic (exact) mass is 228 g/mol. The second-order valence-electron chi connectivity index (χ2n) is 3.63. The first-order chi connectivity index (χ1) is 6.92. The molecule has 1 aromatic rings. The fourth-order valence-corrected chi connectivity index (χ4v) is 3.68. The summed E-state index contributed by atoms with van der Waals surface area (Å²) in [6.07, 6.45) is 0. The summed E-state index contributed by atoms with van der Waals surface area (Å²) in [5, 5.41) is 0. The van der Waals surface area contributed by atoms with Crippen molar-refractivity contribution in [1.82, 2.24) is 0 Å². The number of Topliss-reactive ketones (excluding diaryl/α,β-unsaturated/α-hetero) is 1. The molecule has 0 bridgehead atoms. The Morgan fingerprint density at radius 3 is 2.73 bits per heavy atom. The maximum atomic E-state index is 12.9. The first kappa shape index (κ1) is 10.3. The van der Waals surface area contributed by atoms with Crippen LogP contribution in [0.2, 0.25) is 0 Å². The highest BCUT2D eigenvalue weighted by atomic mass is 32.2. The minimum atomic E-state index is -3.40. The Labute approximate surface area is 86.8 Å². The molecule has 1 atom stereocenters. The van der Waals surface area contributed by atoms with Crippen molar-refractivity contribution in [3.05, 3.63) is 29.6 Å². The van der Waals surface area contributed by atoms with E-state index in [0.29, 0.717) is 5.56 Å². The van der Waals surface area contributed by atoms with E-state index < -0.39 is 21.6 Å². The molecule has 2 rings (SSSR count). The Morgan fingerprint density at radius 2 is 2.13 bits per heavy atom. The summed E-state index contributed by atoms with van der Waals surface area (Å²) in [4.78, 5) is 11.3. The van der Waals surface area contributed by atoms with Gasteiger partial charge >= 0.3 is 0 Å². The van der Waals surface area contributed by atoms with Gasteiger partial charge < -0.3 is 0 Å². The number of rotatable bonds is 1. The molecule has 5 heteroatoms. The number of hydrogen-bond donors (Lipinski definition) is 0. The minimum Gasteiger partial charge on any atom is -0.299 e. The van der Waals surface area contributed by atoms with E-state index in [4.69, 9.17) is 0 Å². The summed E-state index contributed by atoms with van der Waals surface area (Å²) in [6.45, 7) is 1.32. The largest absolute Gasteiger partial charge is 0.299 e. The maximum absolute atomic E-state index is 12.9. The Hall–Kier alpha value is -1.23. The summed E-state index contributed by atoms with van der Waals surface area (Å²) in [5.74, 6) is -1.71. The molecule has 0 saturated carbocycles. The first-order valence-corrected chi connectivity index (χ1v) is 6.10. The molecule has 3 nitrogen and oxygen atoms in total. The normalized spacial score (nSPS) is 22.4. The van der Waals surface area contributed by atoms with Crippen LogP contribution in [0.5, 0.6) is 0 Å². The predicted octanol–water partition coefficient (Wildman–Crippen LogP) is 1.29. The third-order valence-corrected chi connectivity index (χ3v) is 4.37. The van der Waals surface area contributed by atoms with Gasteiger partial charge in [0.1, 0.15) is 11.6 Å². The zero-order chi connectivity index (χ0) is 11.2. The lowest BCUT2D eigenvalue weighted by Gasteiger charge is -2.04. The zero-order valence-corrected chi connectivity index (χ0v) is 8.84.